The number of aryl methyl sites for hydroxylation is 2. The molecule has 2 N–H and O–H groups in total. The summed E-state index contributed by atoms with van der Waals surface area (Å²) in [6, 6.07) is 9.79. The van der Waals surface area contributed by atoms with Crippen LogP contribution in [0.4, 0.5) is 5.69 Å². The van der Waals surface area contributed by atoms with Crippen molar-refractivity contribution in [3.63, 3.8) is 0 Å². The summed E-state index contributed by atoms with van der Waals surface area (Å²) in [5.74, 6) is 0.549. The molecule has 0 aliphatic heterocycles. The molecule has 0 spiro atoms. The Morgan fingerprint density at radius 2 is 1.69 bits per heavy atom. The molecule has 0 saturated heterocycles. The molecule has 158 valence electrons. The van der Waals surface area contributed by atoms with Crippen LogP contribution in [0.2, 0.25) is 0 Å². The molecule has 0 fully saturated rings. The molecule has 0 heterocycles. The molecule has 8 heteroatoms. The highest BCUT2D eigenvalue weighted by molar-refractivity contribution is 7.89. The van der Waals surface area contributed by atoms with Crippen LogP contribution >= 0.6 is 0 Å². The van der Waals surface area contributed by atoms with Gasteiger partial charge in [0.2, 0.25) is 10.0 Å². The van der Waals surface area contributed by atoms with Crippen LogP contribution in [0.1, 0.15) is 31.9 Å². The maximum atomic E-state index is 12.7. The van der Waals surface area contributed by atoms with Crippen molar-refractivity contribution in [1.82, 2.24) is 4.72 Å². The van der Waals surface area contributed by atoms with E-state index in [1.54, 1.807) is 20.8 Å². The largest absolute Gasteiger partial charge is 0.495 e. The summed E-state index contributed by atoms with van der Waals surface area (Å²) in [6.45, 7) is 8.94. The summed E-state index contributed by atoms with van der Waals surface area (Å²) in [5, 5.41) is 2.70. The van der Waals surface area contributed by atoms with Gasteiger partial charge in [-0.15, -0.1) is 0 Å². The fraction of sp³-hybridized carbons (Fsp3) is 0.381. The predicted octanol–water partition coefficient (Wildman–Crippen LogP) is 3.40. The molecule has 0 aliphatic rings. The highest BCUT2D eigenvalue weighted by Crippen LogP contribution is 2.28. The number of methoxy groups -OCH3 is 1. The van der Waals surface area contributed by atoms with Crippen LogP contribution in [0.3, 0.4) is 0 Å². The Bertz CT molecular complexity index is 987. The van der Waals surface area contributed by atoms with E-state index < -0.39 is 22.0 Å². The van der Waals surface area contributed by atoms with Gasteiger partial charge in [-0.05, 0) is 70.0 Å². The molecule has 0 aromatic heterocycles. The van der Waals surface area contributed by atoms with Crippen molar-refractivity contribution >= 4 is 21.6 Å². The standard InChI is InChI=1S/C21H28N2O5S/c1-13(2)23-29(25,26)17-9-10-19(27-6)18(12-17)22-21(24)16(5)28-20-11-14(3)7-8-15(20)4/h7-13,16,23H,1-6H3,(H,22,24)/t16-/m0/s1. The van der Waals surface area contributed by atoms with Crippen LogP contribution in [0.25, 0.3) is 0 Å². The molecular formula is C21H28N2O5S. The molecule has 0 bridgehead atoms. The first kappa shape index (κ1) is 22.7. The molecule has 0 unspecified atom stereocenters. The van der Waals surface area contributed by atoms with E-state index in [-0.39, 0.29) is 16.6 Å². The maximum Gasteiger partial charge on any atom is 0.265 e. The lowest BCUT2D eigenvalue weighted by molar-refractivity contribution is -0.122. The van der Waals surface area contributed by atoms with Gasteiger partial charge in [0.15, 0.2) is 6.10 Å². The first-order chi connectivity index (χ1) is 13.5. The number of amides is 1. The average molecular weight is 421 g/mol. The first-order valence-electron chi connectivity index (χ1n) is 9.28. The molecule has 2 aromatic rings. The average Bonchev–Trinajstić information content (AvgIpc) is 2.63. The highest BCUT2D eigenvalue weighted by atomic mass is 32.2. The highest BCUT2D eigenvalue weighted by Gasteiger charge is 2.21. The van der Waals surface area contributed by atoms with Gasteiger partial charge in [0.1, 0.15) is 11.5 Å². The monoisotopic (exact) mass is 420 g/mol. The van der Waals surface area contributed by atoms with Crippen LogP contribution in [-0.2, 0) is 14.8 Å². The Morgan fingerprint density at radius 1 is 1.00 bits per heavy atom. The van der Waals surface area contributed by atoms with Gasteiger partial charge < -0.3 is 14.8 Å². The van der Waals surface area contributed by atoms with Crippen LogP contribution in [-0.4, -0.2) is 33.6 Å². The van der Waals surface area contributed by atoms with E-state index in [0.29, 0.717) is 11.5 Å². The molecule has 1 amide bonds. The number of sulfonamides is 1. The summed E-state index contributed by atoms with van der Waals surface area (Å²) in [5.41, 5.74) is 2.19. The number of benzene rings is 2. The van der Waals surface area contributed by atoms with E-state index in [2.05, 4.69) is 10.0 Å². The Labute approximate surface area is 172 Å². The van der Waals surface area contributed by atoms with Gasteiger partial charge in [-0.3, -0.25) is 4.79 Å². The number of carbonyl (C=O) groups excluding carboxylic acids is 1. The molecule has 1 atom stereocenters. The predicted molar refractivity (Wildman–Crippen MR) is 113 cm³/mol. The van der Waals surface area contributed by atoms with Gasteiger partial charge in [0, 0.05) is 6.04 Å². The van der Waals surface area contributed by atoms with Crippen molar-refractivity contribution in [1.29, 1.82) is 0 Å². The van der Waals surface area contributed by atoms with Crippen molar-refractivity contribution in [2.45, 2.75) is 51.7 Å². The van der Waals surface area contributed by atoms with Gasteiger partial charge in [-0.1, -0.05) is 12.1 Å². The summed E-state index contributed by atoms with van der Waals surface area (Å²) < 4.78 is 38.4. The van der Waals surface area contributed by atoms with E-state index in [1.807, 2.05) is 32.0 Å². The molecule has 0 aliphatic carbocycles. The molecular weight excluding hydrogens is 392 g/mol. The third kappa shape index (κ3) is 5.95. The molecule has 0 radical (unpaired) electrons. The van der Waals surface area contributed by atoms with Gasteiger partial charge in [0.05, 0.1) is 17.7 Å². The number of rotatable bonds is 8. The fourth-order valence-corrected chi connectivity index (χ4v) is 3.92. The summed E-state index contributed by atoms with van der Waals surface area (Å²) in [7, 11) is -2.26. The maximum absolute atomic E-state index is 12.7. The van der Waals surface area contributed by atoms with Gasteiger partial charge in [-0.2, -0.15) is 0 Å². The molecule has 29 heavy (non-hydrogen) atoms. The zero-order chi connectivity index (χ0) is 21.8. The van der Waals surface area contributed by atoms with Crippen LogP contribution in [0.5, 0.6) is 11.5 Å². The number of anilines is 1. The Morgan fingerprint density at radius 3 is 2.31 bits per heavy atom. The number of ether oxygens (including phenoxy) is 2. The van der Waals surface area contributed by atoms with Crippen LogP contribution < -0.4 is 19.5 Å². The molecule has 2 aromatic carbocycles. The van der Waals surface area contributed by atoms with Gasteiger partial charge in [0.25, 0.3) is 5.91 Å². The summed E-state index contributed by atoms with van der Waals surface area (Å²) in [4.78, 5) is 12.7. The van der Waals surface area contributed by atoms with Crippen molar-refractivity contribution in [3.05, 3.63) is 47.5 Å². The quantitative estimate of drug-likeness (QED) is 0.683. The minimum atomic E-state index is -3.71. The lowest BCUT2D eigenvalue weighted by Gasteiger charge is -2.18. The molecule has 2 rings (SSSR count). The number of hydrogen-bond donors (Lipinski definition) is 2. The first-order valence-corrected chi connectivity index (χ1v) is 10.8. The van der Waals surface area contributed by atoms with E-state index in [1.165, 1.54) is 25.3 Å². The number of nitrogens with one attached hydrogen (secondary N) is 2. The van der Waals surface area contributed by atoms with Crippen molar-refractivity contribution < 1.29 is 22.7 Å². The van der Waals surface area contributed by atoms with Crippen LogP contribution in [0.15, 0.2) is 41.3 Å². The van der Waals surface area contributed by atoms with Crippen molar-refractivity contribution in [2.75, 3.05) is 12.4 Å². The zero-order valence-corrected chi connectivity index (χ0v) is 18.4. The lowest BCUT2D eigenvalue weighted by atomic mass is 10.1. The minimum Gasteiger partial charge on any atom is -0.495 e. The fourth-order valence-electron chi connectivity index (χ4n) is 2.64. The van der Waals surface area contributed by atoms with Gasteiger partial charge >= 0.3 is 0 Å². The van der Waals surface area contributed by atoms with Crippen molar-refractivity contribution in [2.24, 2.45) is 0 Å². The second kappa shape index (κ2) is 9.28. The zero-order valence-electron chi connectivity index (χ0n) is 17.6. The number of carbonyl (C=O) groups is 1. The second-order valence-electron chi connectivity index (χ2n) is 7.16. The lowest BCUT2D eigenvalue weighted by Crippen LogP contribution is -2.31. The summed E-state index contributed by atoms with van der Waals surface area (Å²) in [6.07, 6.45) is -0.797. The smallest absolute Gasteiger partial charge is 0.265 e. The Kier molecular flexibility index (Phi) is 7.26. The molecule has 0 saturated carbocycles. The third-order valence-corrected chi connectivity index (χ3v) is 5.80. The van der Waals surface area contributed by atoms with E-state index in [9.17, 15) is 13.2 Å². The third-order valence-electron chi connectivity index (χ3n) is 4.15. The van der Waals surface area contributed by atoms with E-state index in [0.717, 1.165) is 11.1 Å². The Hall–Kier alpha value is -2.58. The van der Waals surface area contributed by atoms with E-state index in [4.69, 9.17) is 9.47 Å². The van der Waals surface area contributed by atoms with Crippen LogP contribution in [0, 0.1) is 13.8 Å². The number of hydrogen-bond acceptors (Lipinski definition) is 5. The van der Waals surface area contributed by atoms with Gasteiger partial charge in [-0.25, -0.2) is 13.1 Å². The Balaban J connectivity index is 2.24. The molecule has 7 nitrogen and oxygen atoms in total. The minimum absolute atomic E-state index is 0.0328. The SMILES string of the molecule is COc1ccc(S(=O)(=O)NC(C)C)cc1NC(=O)[C@H](C)Oc1cc(C)ccc1C. The summed E-state index contributed by atoms with van der Waals surface area (Å²) >= 11 is 0. The second-order valence-corrected chi connectivity index (χ2v) is 8.87. The normalized spacial score (nSPS) is 12.5. The van der Waals surface area contributed by atoms with Crippen molar-refractivity contribution in [3.8, 4) is 11.5 Å². The van der Waals surface area contributed by atoms with E-state index >= 15 is 0 Å². The topological polar surface area (TPSA) is 93.7 Å².